The number of hydrogen-bond acceptors (Lipinski definition) is 4. The summed E-state index contributed by atoms with van der Waals surface area (Å²) in [6, 6.07) is 62.5. The third-order valence-electron chi connectivity index (χ3n) is 15.2. The summed E-state index contributed by atoms with van der Waals surface area (Å²) in [6.07, 6.45) is 1.95. The van der Waals surface area contributed by atoms with Gasteiger partial charge in [0.05, 0.1) is 22.4 Å². The second-order valence-electron chi connectivity index (χ2n) is 24.0. The number of pyridine rings is 1. The Morgan fingerprint density at radius 1 is 0.380 bits per heavy atom. The van der Waals surface area contributed by atoms with Crippen LogP contribution in [0.25, 0.3) is 27.6 Å². The van der Waals surface area contributed by atoms with Crippen molar-refractivity contribution in [1.29, 1.82) is 0 Å². The van der Waals surface area contributed by atoms with Gasteiger partial charge in [-0.3, -0.25) is 4.57 Å². The predicted octanol–water partition coefficient (Wildman–Crippen LogP) is 17.8. The van der Waals surface area contributed by atoms with Crippen molar-refractivity contribution in [3.05, 3.63) is 215 Å². The van der Waals surface area contributed by atoms with Crippen LogP contribution in [-0.4, -0.2) is 16.2 Å². The Balaban J connectivity index is 1.07. The van der Waals surface area contributed by atoms with Crippen molar-refractivity contribution in [2.45, 2.75) is 117 Å². The Morgan fingerprint density at radius 2 is 0.873 bits per heavy atom. The van der Waals surface area contributed by atoms with E-state index < -0.39 is 0 Å². The Labute approximate surface area is 422 Å². The summed E-state index contributed by atoms with van der Waals surface area (Å²) in [5.74, 6) is 2.46. The number of hydrogen-bond donors (Lipinski definition) is 0. The summed E-state index contributed by atoms with van der Waals surface area (Å²) >= 11 is 0. The zero-order valence-electron chi connectivity index (χ0n) is 44.1. The first-order chi connectivity index (χ1) is 33.6. The topological polar surface area (TPSA) is 33.5 Å². The largest absolute Gasteiger partial charge is 0.457 e. The molecule has 5 heteroatoms. The lowest BCUT2D eigenvalue weighted by Crippen LogP contribution is -2.26. The minimum absolute atomic E-state index is 0.0453. The molecule has 0 N–H and O–H groups in total. The second kappa shape index (κ2) is 17.3. The molecule has 0 amide bonds. The van der Waals surface area contributed by atoms with Crippen LogP contribution in [0.2, 0.25) is 0 Å². The molecule has 0 aliphatic carbocycles. The summed E-state index contributed by atoms with van der Waals surface area (Å²) in [6.45, 7) is 30.6. The highest BCUT2D eigenvalue weighted by molar-refractivity contribution is 6.09. The first-order valence-electron chi connectivity index (χ1n) is 25.4. The average Bonchev–Trinajstić information content (AvgIpc) is 3.89. The predicted molar refractivity (Wildman–Crippen MR) is 300 cm³/mol. The minimum atomic E-state index is -0.215. The monoisotopic (exact) mass is 935 g/mol. The molecule has 71 heavy (non-hydrogen) atoms. The molecule has 1 aliphatic rings. The average molecular weight is 935 g/mol. The van der Waals surface area contributed by atoms with E-state index >= 15 is 0 Å². The molecule has 0 spiro atoms. The van der Waals surface area contributed by atoms with Gasteiger partial charge in [-0.05, 0) is 122 Å². The van der Waals surface area contributed by atoms with Crippen LogP contribution in [0.4, 0.5) is 22.7 Å². The number of aromatic nitrogens is 2. The summed E-state index contributed by atoms with van der Waals surface area (Å²) in [5, 5.41) is 2.34. The van der Waals surface area contributed by atoms with Crippen molar-refractivity contribution in [3.63, 3.8) is 0 Å². The highest BCUT2D eigenvalue weighted by Gasteiger charge is 2.33. The Kier molecular flexibility index (Phi) is 11.6. The summed E-state index contributed by atoms with van der Waals surface area (Å²) in [5.41, 5.74) is 15.0. The fourth-order valence-electron chi connectivity index (χ4n) is 10.3. The fraction of sp³-hybridized carbons (Fsp3) is 0.288. The normalized spacial score (nSPS) is 13.6. The molecule has 0 saturated carbocycles. The molecule has 0 bridgehead atoms. The molecule has 360 valence electrons. The lowest BCUT2D eigenvalue weighted by Gasteiger charge is -2.32. The zero-order valence-corrected chi connectivity index (χ0v) is 44.1. The molecule has 2 aromatic heterocycles. The summed E-state index contributed by atoms with van der Waals surface area (Å²) in [4.78, 5) is 10.00. The smallest absolute Gasteiger partial charge is 0.137 e. The maximum absolute atomic E-state index is 7.10. The van der Waals surface area contributed by atoms with E-state index in [0.717, 1.165) is 39.4 Å². The molecule has 0 radical (unpaired) electrons. The van der Waals surface area contributed by atoms with Crippen molar-refractivity contribution in [2.24, 2.45) is 0 Å². The lowest BCUT2D eigenvalue weighted by molar-refractivity contribution is 0.479. The van der Waals surface area contributed by atoms with E-state index in [1.165, 1.54) is 61.4 Å². The maximum atomic E-state index is 7.10. The lowest BCUT2D eigenvalue weighted by atomic mass is 9.75. The number of rotatable bonds is 9. The van der Waals surface area contributed by atoms with Gasteiger partial charge in [-0.15, -0.1) is 0 Å². The molecule has 0 atom stereocenters. The van der Waals surface area contributed by atoms with Crippen molar-refractivity contribution in [3.8, 4) is 17.3 Å². The molecule has 10 rings (SSSR count). The Bertz CT molecular complexity index is 3430. The van der Waals surface area contributed by atoms with Gasteiger partial charge in [0.2, 0.25) is 0 Å². The van der Waals surface area contributed by atoms with E-state index in [4.69, 9.17) is 9.72 Å². The third kappa shape index (κ3) is 8.90. The van der Waals surface area contributed by atoms with Gasteiger partial charge in [-0.2, -0.15) is 0 Å². The minimum Gasteiger partial charge on any atom is -0.457 e. The summed E-state index contributed by atoms with van der Waals surface area (Å²) in [7, 11) is 0. The molecule has 1 aliphatic heterocycles. The van der Waals surface area contributed by atoms with Crippen molar-refractivity contribution in [1.82, 2.24) is 9.55 Å². The fourth-order valence-corrected chi connectivity index (χ4v) is 10.3. The van der Waals surface area contributed by atoms with Gasteiger partial charge in [0, 0.05) is 51.3 Å². The van der Waals surface area contributed by atoms with E-state index in [2.05, 4.69) is 274 Å². The number of anilines is 4. The van der Waals surface area contributed by atoms with Gasteiger partial charge >= 0.3 is 0 Å². The van der Waals surface area contributed by atoms with Crippen LogP contribution >= 0.6 is 0 Å². The van der Waals surface area contributed by atoms with Crippen LogP contribution in [0.1, 0.15) is 129 Å². The molecular formula is C66H70N4O. The SMILES string of the molecule is CC(C)(C)c1cc(Oc2ccc3c4ccc(C(C)(C)c5ccccc5)cc4n(-c4cc(C(C)(C)C)ccn4)c3c2)cc(N2CN(c3cc(C(C)(C)C)cc(C(C)(C)c4ccccc4)c3)c3ccccc32)c1. The Hall–Kier alpha value is -7.11. The van der Waals surface area contributed by atoms with E-state index in [0.29, 0.717) is 6.67 Å². The number of fused-ring (bicyclic) bond motifs is 4. The van der Waals surface area contributed by atoms with Crippen molar-refractivity contribution < 1.29 is 4.74 Å². The standard InChI is InChI=1S/C66H70N4O/c1-62(2,3)46-32-33-67-61(40-46)70-59-39-47(65(10,11)44-22-16-14-17-23-44)28-30-55(59)56-31-29-53(42-60(56)70)71-54-38-49(64(7,8)9)36-52(41-54)69-43-68(57-26-20-21-27-58(57)69)51-35-48(63(4,5)6)34-50(37-51)66(12,13)45-24-18-15-19-25-45/h14-42H,43H2,1-13H3. The highest BCUT2D eigenvalue weighted by Crippen LogP contribution is 2.48. The number of benzene rings is 7. The molecule has 7 aromatic carbocycles. The summed E-state index contributed by atoms with van der Waals surface area (Å²) < 4.78 is 9.44. The van der Waals surface area contributed by atoms with Gasteiger partial charge in [0.1, 0.15) is 24.0 Å². The van der Waals surface area contributed by atoms with Gasteiger partial charge in [-0.1, -0.05) is 181 Å². The van der Waals surface area contributed by atoms with Gasteiger partial charge < -0.3 is 14.5 Å². The van der Waals surface area contributed by atoms with Crippen LogP contribution in [0, 0.1) is 0 Å². The maximum Gasteiger partial charge on any atom is 0.137 e. The van der Waals surface area contributed by atoms with E-state index in [1.807, 2.05) is 6.20 Å². The quantitative estimate of drug-likeness (QED) is 0.144. The Morgan fingerprint density at radius 3 is 1.45 bits per heavy atom. The van der Waals surface area contributed by atoms with Crippen molar-refractivity contribution >= 4 is 44.6 Å². The van der Waals surface area contributed by atoms with Crippen LogP contribution < -0.4 is 14.5 Å². The van der Waals surface area contributed by atoms with Crippen molar-refractivity contribution in [2.75, 3.05) is 16.5 Å². The first-order valence-corrected chi connectivity index (χ1v) is 25.4. The molecule has 0 saturated heterocycles. The highest BCUT2D eigenvalue weighted by atomic mass is 16.5. The first kappa shape index (κ1) is 47.6. The number of ether oxygens (including phenoxy) is 1. The van der Waals surface area contributed by atoms with Gasteiger partial charge in [0.15, 0.2) is 0 Å². The molecule has 5 nitrogen and oxygen atoms in total. The van der Waals surface area contributed by atoms with Crippen LogP contribution in [0.5, 0.6) is 11.5 Å². The van der Waals surface area contributed by atoms with Gasteiger partial charge in [-0.25, -0.2) is 4.98 Å². The molecule has 3 heterocycles. The molecule has 0 fully saturated rings. The van der Waals surface area contributed by atoms with E-state index in [-0.39, 0.29) is 27.1 Å². The van der Waals surface area contributed by atoms with Crippen LogP contribution in [0.15, 0.2) is 176 Å². The molecule has 9 aromatic rings. The molecule has 0 unspecified atom stereocenters. The third-order valence-corrected chi connectivity index (χ3v) is 15.2. The van der Waals surface area contributed by atoms with E-state index in [1.54, 1.807) is 0 Å². The second-order valence-corrected chi connectivity index (χ2v) is 24.0. The number of nitrogens with zero attached hydrogens (tertiary/aromatic N) is 4. The number of para-hydroxylation sites is 2. The van der Waals surface area contributed by atoms with Crippen LogP contribution in [0.3, 0.4) is 0 Å². The van der Waals surface area contributed by atoms with Crippen LogP contribution in [-0.2, 0) is 27.1 Å². The molecular weight excluding hydrogens is 865 g/mol. The van der Waals surface area contributed by atoms with Gasteiger partial charge in [0.25, 0.3) is 0 Å². The zero-order chi connectivity index (χ0) is 50.3. The van der Waals surface area contributed by atoms with E-state index in [9.17, 15) is 0 Å².